The molecule has 3 rings (SSSR count). The molecule has 14 heteroatoms. The minimum absolute atomic E-state index is 0.162. The molecule has 0 saturated heterocycles. The molecule has 11 nitrogen and oxygen atoms in total. The standard InChI is InChI=1S/C16H11ClN2O9S2/c17-8-1-2-11(20)10(5-8)18-19-15-13(30(26,27)28)4-7-3-9(29(23,24)25)6-12(21)14(7)16(15)22/h1-6,20-22H,(H,23,24,25)(H,26,27,28)/b19-18-. The van der Waals surface area contributed by atoms with E-state index in [0.29, 0.717) is 12.1 Å². The summed E-state index contributed by atoms with van der Waals surface area (Å²) in [6.45, 7) is 0. The highest BCUT2D eigenvalue weighted by Gasteiger charge is 2.25. The third kappa shape index (κ3) is 4.15. The Hall–Kier alpha value is -2.97. The molecule has 0 aliphatic carbocycles. The van der Waals surface area contributed by atoms with E-state index < -0.39 is 52.6 Å². The first-order valence-corrected chi connectivity index (χ1v) is 10.9. The van der Waals surface area contributed by atoms with Gasteiger partial charge in [-0.3, -0.25) is 9.11 Å². The van der Waals surface area contributed by atoms with Crippen molar-refractivity contribution in [2.24, 2.45) is 10.2 Å². The molecular weight excluding hydrogens is 464 g/mol. The number of rotatable bonds is 4. The zero-order chi connectivity index (χ0) is 22.4. The molecule has 0 heterocycles. The van der Waals surface area contributed by atoms with Crippen LogP contribution in [0.2, 0.25) is 5.02 Å². The van der Waals surface area contributed by atoms with Crippen LogP contribution in [0.1, 0.15) is 0 Å². The summed E-state index contributed by atoms with van der Waals surface area (Å²) in [4.78, 5) is -1.77. The number of hydrogen-bond donors (Lipinski definition) is 5. The van der Waals surface area contributed by atoms with Gasteiger partial charge < -0.3 is 15.3 Å². The molecule has 30 heavy (non-hydrogen) atoms. The fourth-order valence-electron chi connectivity index (χ4n) is 2.56. The Bertz CT molecular complexity index is 1440. The summed E-state index contributed by atoms with van der Waals surface area (Å²) in [5, 5.41) is 36.9. The molecule has 3 aromatic rings. The minimum atomic E-state index is -5.03. The maximum atomic E-state index is 11.8. The first-order valence-electron chi connectivity index (χ1n) is 7.67. The Morgan fingerprint density at radius 1 is 0.800 bits per heavy atom. The molecule has 0 radical (unpaired) electrons. The van der Waals surface area contributed by atoms with Crippen molar-refractivity contribution in [2.75, 3.05) is 0 Å². The average molecular weight is 475 g/mol. The van der Waals surface area contributed by atoms with Crippen LogP contribution in [-0.4, -0.2) is 41.3 Å². The number of nitrogens with zero attached hydrogens (tertiary/aromatic N) is 2. The lowest BCUT2D eigenvalue weighted by molar-refractivity contribution is 0.457. The lowest BCUT2D eigenvalue weighted by atomic mass is 10.1. The van der Waals surface area contributed by atoms with E-state index in [1.807, 2.05) is 0 Å². The van der Waals surface area contributed by atoms with Gasteiger partial charge in [0.1, 0.15) is 27.8 Å². The Balaban J connectivity index is 2.36. The third-order valence-corrected chi connectivity index (χ3v) is 5.81. The molecule has 158 valence electrons. The van der Waals surface area contributed by atoms with Crippen molar-refractivity contribution in [2.45, 2.75) is 9.79 Å². The average Bonchev–Trinajstić information content (AvgIpc) is 2.61. The van der Waals surface area contributed by atoms with E-state index in [1.54, 1.807) is 0 Å². The van der Waals surface area contributed by atoms with E-state index in [2.05, 4.69) is 10.2 Å². The number of phenolic OH excluding ortho intramolecular Hbond substituents is 3. The van der Waals surface area contributed by atoms with Gasteiger partial charge in [-0.05, 0) is 35.7 Å². The van der Waals surface area contributed by atoms with Crippen molar-refractivity contribution < 1.29 is 41.3 Å². The summed E-state index contributed by atoms with van der Waals surface area (Å²) >= 11 is 5.78. The van der Waals surface area contributed by atoms with Gasteiger partial charge in [0.15, 0.2) is 5.75 Å². The first kappa shape index (κ1) is 21.7. The predicted octanol–water partition coefficient (Wildman–Crippen LogP) is 3.52. The van der Waals surface area contributed by atoms with E-state index in [-0.39, 0.29) is 21.8 Å². The van der Waals surface area contributed by atoms with E-state index in [0.717, 1.165) is 6.07 Å². The molecule has 0 aliphatic rings. The third-order valence-electron chi connectivity index (χ3n) is 3.87. The van der Waals surface area contributed by atoms with Crippen LogP contribution in [-0.2, 0) is 20.2 Å². The fourth-order valence-corrected chi connectivity index (χ4v) is 3.92. The van der Waals surface area contributed by atoms with Crippen molar-refractivity contribution in [3.05, 3.63) is 41.4 Å². The molecule has 3 aromatic carbocycles. The van der Waals surface area contributed by atoms with Crippen LogP contribution < -0.4 is 0 Å². The van der Waals surface area contributed by atoms with Gasteiger partial charge in [-0.15, -0.1) is 10.2 Å². The van der Waals surface area contributed by atoms with E-state index >= 15 is 0 Å². The summed E-state index contributed by atoms with van der Waals surface area (Å²) < 4.78 is 64.9. The summed E-state index contributed by atoms with van der Waals surface area (Å²) in [5.74, 6) is -2.18. The number of phenols is 3. The first-order chi connectivity index (χ1) is 13.8. The Kier molecular flexibility index (Phi) is 5.34. The molecule has 0 saturated carbocycles. The van der Waals surface area contributed by atoms with E-state index in [1.165, 1.54) is 18.2 Å². The van der Waals surface area contributed by atoms with Gasteiger partial charge in [-0.2, -0.15) is 16.8 Å². The van der Waals surface area contributed by atoms with Gasteiger partial charge in [0.2, 0.25) is 0 Å². The molecule has 0 aliphatic heterocycles. The maximum Gasteiger partial charge on any atom is 0.296 e. The van der Waals surface area contributed by atoms with Gasteiger partial charge in [0.05, 0.1) is 10.3 Å². The summed E-state index contributed by atoms with van der Waals surface area (Å²) in [6.07, 6.45) is 0. The maximum absolute atomic E-state index is 11.8. The molecular formula is C16H11ClN2O9S2. The zero-order valence-corrected chi connectivity index (χ0v) is 16.8. The lowest BCUT2D eigenvalue weighted by Crippen LogP contribution is -2.01. The van der Waals surface area contributed by atoms with Gasteiger partial charge in [0.25, 0.3) is 20.2 Å². The number of hydrogen-bond acceptors (Lipinski definition) is 9. The number of aromatic hydroxyl groups is 3. The van der Waals surface area contributed by atoms with Crippen molar-refractivity contribution in [1.82, 2.24) is 0 Å². The van der Waals surface area contributed by atoms with Crippen LogP contribution in [0.25, 0.3) is 10.8 Å². The summed E-state index contributed by atoms with van der Waals surface area (Å²) in [6, 6.07) is 5.81. The number of benzene rings is 3. The molecule has 0 atom stereocenters. The number of halogens is 1. The van der Waals surface area contributed by atoms with Crippen LogP contribution >= 0.6 is 11.6 Å². The smallest absolute Gasteiger partial charge is 0.296 e. The number of fused-ring (bicyclic) bond motifs is 1. The van der Waals surface area contributed by atoms with Crippen LogP contribution in [0.3, 0.4) is 0 Å². The lowest BCUT2D eigenvalue weighted by Gasteiger charge is -2.11. The molecule has 0 fully saturated rings. The molecule has 0 unspecified atom stereocenters. The highest BCUT2D eigenvalue weighted by Crippen LogP contribution is 2.45. The Labute approximate surface area is 174 Å². The van der Waals surface area contributed by atoms with Gasteiger partial charge >= 0.3 is 0 Å². The molecule has 0 amide bonds. The summed E-state index contributed by atoms with van der Waals surface area (Å²) in [5.41, 5.74) is -1.01. The molecule has 0 bridgehead atoms. The Morgan fingerprint density at radius 2 is 1.47 bits per heavy atom. The molecule has 0 aromatic heterocycles. The van der Waals surface area contributed by atoms with Crippen molar-refractivity contribution in [3.63, 3.8) is 0 Å². The van der Waals surface area contributed by atoms with Gasteiger partial charge in [-0.25, -0.2) is 0 Å². The topological polar surface area (TPSA) is 194 Å². The van der Waals surface area contributed by atoms with E-state index in [9.17, 15) is 36.7 Å². The second-order valence-corrected chi connectivity index (χ2v) is 9.14. The normalized spacial score (nSPS) is 12.6. The van der Waals surface area contributed by atoms with Gasteiger partial charge in [0, 0.05) is 11.1 Å². The van der Waals surface area contributed by atoms with E-state index in [4.69, 9.17) is 16.2 Å². The highest BCUT2D eigenvalue weighted by molar-refractivity contribution is 7.86. The quantitative estimate of drug-likeness (QED) is 0.277. The predicted molar refractivity (Wildman–Crippen MR) is 104 cm³/mol. The summed E-state index contributed by atoms with van der Waals surface area (Å²) in [7, 11) is -9.81. The minimum Gasteiger partial charge on any atom is -0.507 e. The van der Waals surface area contributed by atoms with Crippen molar-refractivity contribution in [3.8, 4) is 17.2 Å². The van der Waals surface area contributed by atoms with Crippen LogP contribution in [0.5, 0.6) is 17.2 Å². The number of azo groups is 1. The largest absolute Gasteiger partial charge is 0.507 e. The van der Waals surface area contributed by atoms with Crippen LogP contribution in [0, 0.1) is 0 Å². The monoisotopic (exact) mass is 474 g/mol. The van der Waals surface area contributed by atoms with Gasteiger partial charge in [-0.1, -0.05) is 11.6 Å². The Morgan fingerprint density at radius 3 is 2.07 bits per heavy atom. The second kappa shape index (κ2) is 7.37. The van der Waals surface area contributed by atoms with Crippen molar-refractivity contribution >= 4 is 54.0 Å². The highest BCUT2D eigenvalue weighted by atomic mass is 35.5. The zero-order valence-electron chi connectivity index (χ0n) is 14.4. The van der Waals surface area contributed by atoms with Crippen LogP contribution in [0.15, 0.2) is 56.4 Å². The van der Waals surface area contributed by atoms with Crippen molar-refractivity contribution in [1.29, 1.82) is 0 Å². The van der Waals surface area contributed by atoms with Crippen LogP contribution in [0.4, 0.5) is 11.4 Å². The second-order valence-electron chi connectivity index (χ2n) is 5.90. The molecule has 0 spiro atoms. The molecule has 5 N–H and O–H groups in total. The SMILES string of the molecule is O=S(=O)(O)c1cc(O)c2c(O)c(/N=N\c3cc(Cl)ccc3O)c(S(=O)(=O)O)cc2c1. The fraction of sp³-hybridized carbons (Fsp3) is 0.